The Bertz CT molecular complexity index is 1200. The number of Topliss-reactive ketones (excluding diaryl/α,β-unsaturated/α-hetero) is 1. The molecule has 3 nitrogen and oxygen atoms in total. The molecule has 0 spiro atoms. The Morgan fingerprint density at radius 1 is 0.576 bits per heavy atom. The first kappa shape index (κ1) is 20.8. The topological polar surface area (TPSA) is 42.9 Å². The van der Waals surface area contributed by atoms with Crippen LogP contribution >= 0.6 is 0 Å². The molecule has 160 valence electrons. The average Bonchev–Trinajstić information content (AvgIpc) is 2.88. The molecule has 2 aromatic carbocycles. The van der Waals surface area contributed by atoms with Gasteiger partial charge in [-0.25, -0.2) is 0 Å². The molecule has 0 aliphatic heterocycles. The summed E-state index contributed by atoms with van der Waals surface area (Å²) in [5.41, 5.74) is 8.28. The summed E-state index contributed by atoms with van der Waals surface area (Å²) in [6.07, 6.45) is 14.0. The van der Waals surface area contributed by atoms with Crippen LogP contribution in [0.1, 0.15) is 30.4 Å². The fourth-order valence-electron chi connectivity index (χ4n) is 4.19. The maximum absolute atomic E-state index is 13.2. The molecule has 33 heavy (non-hydrogen) atoms. The summed E-state index contributed by atoms with van der Waals surface area (Å²) in [6, 6.07) is 24.6. The summed E-state index contributed by atoms with van der Waals surface area (Å²) in [5, 5.41) is 0. The van der Waals surface area contributed by atoms with E-state index in [1.807, 2.05) is 48.8 Å². The van der Waals surface area contributed by atoms with Crippen LogP contribution in [-0.2, 0) is 4.79 Å². The zero-order chi connectivity index (χ0) is 22.5. The van der Waals surface area contributed by atoms with Gasteiger partial charge in [0.1, 0.15) is 0 Å². The van der Waals surface area contributed by atoms with E-state index in [-0.39, 0.29) is 5.78 Å². The zero-order valence-electron chi connectivity index (χ0n) is 18.3. The van der Waals surface area contributed by atoms with E-state index in [4.69, 9.17) is 0 Å². The van der Waals surface area contributed by atoms with Gasteiger partial charge in [-0.3, -0.25) is 14.8 Å². The van der Waals surface area contributed by atoms with E-state index in [1.165, 1.54) is 0 Å². The number of carbonyl (C=O) groups is 1. The summed E-state index contributed by atoms with van der Waals surface area (Å²) >= 11 is 0. The average molecular weight is 429 g/mol. The van der Waals surface area contributed by atoms with Crippen LogP contribution in [0.25, 0.3) is 34.4 Å². The van der Waals surface area contributed by atoms with Crippen LogP contribution in [0, 0.1) is 0 Å². The van der Waals surface area contributed by atoms with Crippen LogP contribution in [0.4, 0.5) is 0 Å². The molecule has 0 N–H and O–H groups in total. The van der Waals surface area contributed by atoms with Crippen molar-refractivity contribution in [1.82, 2.24) is 9.97 Å². The van der Waals surface area contributed by atoms with Crippen molar-refractivity contribution in [3.8, 4) is 22.3 Å². The van der Waals surface area contributed by atoms with Gasteiger partial charge >= 0.3 is 0 Å². The van der Waals surface area contributed by atoms with E-state index in [0.29, 0.717) is 0 Å². The highest BCUT2D eigenvalue weighted by molar-refractivity contribution is 6.14. The van der Waals surface area contributed by atoms with Gasteiger partial charge in [-0.2, -0.15) is 0 Å². The zero-order valence-corrected chi connectivity index (χ0v) is 18.3. The van der Waals surface area contributed by atoms with Gasteiger partial charge in [0.25, 0.3) is 0 Å². The van der Waals surface area contributed by atoms with Crippen LogP contribution in [0.5, 0.6) is 0 Å². The summed E-state index contributed by atoms with van der Waals surface area (Å²) < 4.78 is 0. The number of hydrogen-bond donors (Lipinski definition) is 0. The molecule has 1 aliphatic carbocycles. The fraction of sp³-hybridized carbons (Fsp3) is 0.100. The molecular formula is C30H24N2O. The van der Waals surface area contributed by atoms with Crippen molar-refractivity contribution in [2.45, 2.75) is 19.3 Å². The normalized spacial score (nSPS) is 16.3. The minimum Gasteiger partial charge on any atom is -0.289 e. The number of carbonyl (C=O) groups excluding carboxylic acids is 1. The number of nitrogens with zero attached hydrogens (tertiary/aromatic N) is 2. The second-order valence-electron chi connectivity index (χ2n) is 8.25. The van der Waals surface area contributed by atoms with Crippen LogP contribution in [0.3, 0.4) is 0 Å². The first-order chi connectivity index (χ1) is 16.3. The van der Waals surface area contributed by atoms with Crippen molar-refractivity contribution in [1.29, 1.82) is 0 Å². The van der Waals surface area contributed by atoms with Gasteiger partial charge in [0.15, 0.2) is 5.78 Å². The smallest absolute Gasteiger partial charge is 0.185 e. The van der Waals surface area contributed by atoms with Gasteiger partial charge < -0.3 is 0 Å². The van der Waals surface area contributed by atoms with Crippen molar-refractivity contribution in [2.24, 2.45) is 0 Å². The molecule has 0 bridgehead atoms. The number of hydrogen-bond acceptors (Lipinski definition) is 3. The van der Waals surface area contributed by atoms with E-state index in [9.17, 15) is 4.79 Å². The van der Waals surface area contributed by atoms with Crippen LogP contribution < -0.4 is 0 Å². The molecule has 4 aromatic rings. The number of allylic oxidation sites excluding steroid dienone is 2. The molecule has 1 fully saturated rings. The van der Waals surface area contributed by atoms with E-state index < -0.39 is 0 Å². The SMILES string of the molecule is O=C1/C(=C/c2ccc(-c3cccnc3)cc2)CCC/C1=C\c1ccc(-c2cccnc2)cc1. The lowest BCUT2D eigenvalue weighted by molar-refractivity contribution is -0.112. The molecule has 0 amide bonds. The van der Waals surface area contributed by atoms with E-state index in [2.05, 4.69) is 58.5 Å². The molecule has 1 aliphatic rings. The van der Waals surface area contributed by atoms with E-state index in [1.54, 1.807) is 12.4 Å². The third-order valence-corrected chi connectivity index (χ3v) is 5.97. The maximum Gasteiger partial charge on any atom is 0.185 e. The molecule has 1 saturated carbocycles. The molecular weight excluding hydrogens is 404 g/mol. The quantitative estimate of drug-likeness (QED) is 0.328. The first-order valence-electron chi connectivity index (χ1n) is 11.2. The van der Waals surface area contributed by atoms with Crippen molar-refractivity contribution in [2.75, 3.05) is 0 Å². The van der Waals surface area contributed by atoms with Gasteiger partial charge in [0, 0.05) is 35.9 Å². The van der Waals surface area contributed by atoms with Crippen molar-refractivity contribution in [3.63, 3.8) is 0 Å². The lowest BCUT2D eigenvalue weighted by atomic mass is 9.86. The number of pyridine rings is 2. The Labute approximate surface area is 194 Å². The molecule has 2 aromatic heterocycles. The Kier molecular flexibility index (Phi) is 6.03. The van der Waals surface area contributed by atoms with Gasteiger partial charge in [0.05, 0.1) is 0 Å². The predicted molar refractivity (Wildman–Crippen MR) is 134 cm³/mol. The molecule has 0 atom stereocenters. The molecule has 0 radical (unpaired) electrons. The second kappa shape index (κ2) is 9.58. The van der Waals surface area contributed by atoms with Crippen molar-refractivity contribution >= 4 is 17.9 Å². The minimum absolute atomic E-state index is 0.161. The molecule has 5 rings (SSSR count). The largest absolute Gasteiger partial charge is 0.289 e. The molecule has 0 saturated heterocycles. The van der Waals surface area contributed by atoms with E-state index in [0.717, 1.165) is 63.8 Å². The second-order valence-corrected chi connectivity index (χ2v) is 8.25. The number of ketones is 1. The number of rotatable bonds is 4. The first-order valence-corrected chi connectivity index (χ1v) is 11.2. The van der Waals surface area contributed by atoms with E-state index >= 15 is 0 Å². The highest BCUT2D eigenvalue weighted by atomic mass is 16.1. The van der Waals surface area contributed by atoms with Gasteiger partial charge in [-0.05, 0) is 76.9 Å². The minimum atomic E-state index is 0.161. The van der Waals surface area contributed by atoms with Crippen LogP contribution in [0.2, 0.25) is 0 Å². The summed E-state index contributed by atoms with van der Waals surface area (Å²) in [4.78, 5) is 21.5. The lowest BCUT2D eigenvalue weighted by Gasteiger charge is -2.17. The summed E-state index contributed by atoms with van der Waals surface area (Å²) in [7, 11) is 0. The number of benzene rings is 2. The van der Waals surface area contributed by atoms with Crippen molar-refractivity contribution < 1.29 is 4.79 Å². The Morgan fingerprint density at radius 2 is 1.03 bits per heavy atom. The Balaban J connectivity index is 1.34. The highest BCUT2D eigenvalue weighted by Gasteiger charge is 2.20. The van der Waals surface area contributed by atoms with Crippen LogP contribution in [-0.4, -0.2) is 15.8 Å². The maximum atomic E-state index is 13.2. The Morgan fingerprint density at radius 3 is 1.42 bits per heavy atom. The molecule has 3 heteroatoms. The summed E-state index contributed by atoms with van der Waals surface area (Å²) in [6.45, 7) is 0. The predicted octanol–water partition coefficient (Wildman–Crippen LogP) is 7.03. The Hall–Kier alpha value is -4.11. The van der Waals surface area contributed by atoms with Gasteiger partial charge in [0.2, 0.25) is 0 Å². The van der Waals surface area contributed by atoms with Crippen LogP contribution in [0.15, 0.2) is 109 Å². The lowest BCUT2D eigenvalue weighted by Crippen LogP contribution is -2.12. The van der Waals surface area contributed by atoms with Gasteiger partial charge in [-0.1, -0.05) is 60.7 Å². The standard InChI is InChI=1S/C30H24N2O/c33-30-26(18-22-8-12-24(13-9-22)28-6-2-16-31-20-28)4-1-5-27(30)19-23-10-14-25(15-11-23)29-7-3-17-32-21-29/h2-3,6-21H,1,4-5H2/b26-18+,27-19+. The third-order valence-electron chi connectivity index (χ3n) is 5.97. The van der Waals surface area contributed by atoms with Crippen molar-refractivity contribution in [3.05, 3.63) is 120 Å². The van der Waals surface area contributed by atoms with Gasteiger partial charge in [-0.15, -0.1) is 0 Å². The summed E-state index contributed by atoms with van der Waals surface area (Å²) in [5.74, 6) is 0.161. The number of aromatic nitrogens is 2. The molecule has 0 unspecified atom stereocenters. The third kappa shape index (κ3) is 4.88. The highest BCUT2D eigenvalue weighted by Crippen LogP contribution is 2.29. The molecule has 2 heterocycles. The monoisotopic (exact) mass is 428 g/mol. The fourth-order valence-corrected chi connectivity index (χ4v) is 4.19.